The van der Waals surface area contributed by atoms with Gasteiger partial charge in [0.05, 0.1) is 12.7 Å². The van der Waals surface area contributed by atoms with Gasteiger partial charge in [0.1, 0.15) is 11.6 Å². The fourth-order valence-corrected chi connectivity index (χ4v) is 1.66. The lowest BCUT2D eigenvalue weighted by Crippen LogP contribution is -1.87. The molecule has 0 heterocycles. The van der Waals surface area contributed by atoms with Gasteiger partial charge >= 0.3 is 0 Å². The highest BCUT2D eigenvalue weighted by molar-refractivity contribution is 5.78. The molecule has 0 radical (unpaired) electrons. The zero-order valence-electron chi connectivity index (χ0n) is 10.5. The third kappa shape index (κ3) is 3.28. The van der Waals surface area contributed by atoms with Gasteiger partial charge in [0.2, 0.25) is 0 Å². The van der Waals surface area contributed by atoms with Gasteiger partial charge in [0.15, 0.2) is 6.29 Å². The molecule has 0 aromatic heterocycles. The van der Waals surface area contributed by atoms with Gasteiger partial charge in [-0.3, -0.25) is 4.79 Å². The summed E-state index contributed by atoms with van der Waals surface area (Å²) in [4.78, 5) is 10.6. The van der Waals surface area contributed by atoms with E-state index in [2.05, 4.69) is 0 Å². The molecule has 0 N–H and O–H groups in total. The third-order valence-electron chi connectivity index (χ3n) is 2.73. The summed E-state index contributed by atoms with van der Waals surface area (Å²) in [5, 5.41) is 0. The van der Waals surface area contributed by atoms with Crippen LogP contribution in [-0.4, -0.2) is 13.4 Å². The molecule has 0 amide bonds. The van der Waals surface area contributed by atoms with Crippen LogP contribution in [-0.2, 0) is 0 Å². The van der Waals surface area contributed by atoms with E-state index >= 15 is 0 Å². The van der Waals surface area contributed by atoms with Crippen LogP contribution in [0.5, 0.6) is 5.75 Å². The molecule has 0 atom stereocenters. The van der Waals surface area contributed by atoms with Crippen LogP contribution in [0.4, 0.5) is 4.39 Å². The van der Waals surface area contributed by atoms with Gasteiger partial charge in [-0.2, -0.15) is 0 Å². The molecule has 0 saturated heterocycles. The van der Waals surface area contributed by atoms with Gasteiger partial charge in [-0.1, -0.05) is 30.4 Å². The molecule has 2 nitrogen and oxygen atoms in total. The minimum Gasteiger partial charge on any atom is -0.497 e. The number of methoxy groups -OCH3 is 1. The summed E-state index contributed by atoms with van der Waals surface area (Å²) in [5.41, 5.74) is 1.84. The molecular formula is C16H13FO2. The third-order valence-corrected chi connectivity index (χ3v) is 2.73. The van der Waals surface area contributed by atoms with E-state index < -0.39 is 5.82 Å². The zero-order valence-corrected chi connectivity index (χ0v) is 10.5. The second-order valence-corrected chi connectivity index (χ2v) is 4.01. The molecule has 0 bridgehead atoms. The van der Waals surface area contributed by atoms with E-state index in [4.69, 9.17) is 4.74 Å². The molecule has 3 heteroatoms. The summed E-state index contributed by atoms with van der Waals surface area (Å²) in [7, 11) is 1.62. The minimum atomic E-state index is -0.503. The van der Waals surface area contributed by atoms with E-state index in [1.54, 1.807) is 13.2 Å². The minimum absolute atomic E-state index is 0.0666. The normalized spacial score (nSPS) is 10.6. The number of carbonyl (C=O) groups excluding carboxylic acids is 1. The maximum atomic E-state index is 13.1. The SMILES string of the molecule is COc1ccc(/C=C/c2ccc(F)c(C=O)c2)cc1. The van der Waals surface area contributed by atoms with Crippen molar-refractivity contribution in [2.24, 2.45) is 0 Å². The summed E-state index contributed by atoms with van der Waals surface area (Å²) in [6.07, 6.45) is 4.23. The van der Waals surface area contributed by atoms with Gasteiger partial charge in [-0.15, -0.1) is 0 Å². The number of benzene rings is 2. The van der Waals surface area contributed by atoms with Crippen molar-refractivity contribution in [1.82, 2.24) is 0 Å². The summed E-state index contributed by atoms with van der Waals surface area (Å²) in [5.74, 6) is 0.291. The first-order chi connectivity index (χ1) is 9.22. The van der Waals surface area contributed by atoms with Crippen molar-refractivity contribution in [2.45, 2.75) is 0 Å². The molecule has 0 aliphatic rings. The number of ether oxygens (including phenoxy) is 1. The summed E-state index contributed by atoms with van der Waals surface area (Å²) < 4.78 is 18.2. The van der Waals surface area contributed by atoms with Gasteiger partial charge < -0.3 is 4.74 Å². The first-order valence-electron chi connectivity index (χ1n) is 5.80. The molecule has 2 aromatic carbocycles. The molecular weight excluding hydrogens is 243 g/mol. The molecule has 2 rings (SSSR count). The largest absolute Gasteiger partial charge is 0.497 e. The van der Waals surface area contributed by atoms with Crippen molar-refractivity contribution in [3.8, 4) is 5.75 Å². The van der Waals surface area contributed by atoms with Crippen molar-refractivity contribution < 1.29 is 13.9 Å². The smallest absolute Gasteiger partial charge is 0.153 e. The summed E-state index contributed by atoms with van der Waals surface area (Å²) >= 11 is 0. The fourth-order valence-electron chi connectivity index (χ4n) is 1.66. The van der Waals surface area contributed by atoms with Gasteiger partial charge in [0.25, 0.3) is 0 Å². The predicted molar refractivity (Wildman–Crippen MR) is 73.7 cm³/mol. The summed E-state index contributed by atoms with van der Waals surface area (Å²) in [6, 6.07) is 12.0. The first kappa shape index (κ1) is 13.0. The lowest BCUT2D eigenvalue weighted by molar-refractivity contribution is 0.112. The van der Waals surface area contributed by atoms with E-state index in [1.807, 2.05) is 36.4 Å². The molecule has 0 unspecified atom stereocenters. The van der Waals surface area contributed by atoms with Crippen LogP contribution in [0.1, 0.15) is 21.5 Å². The second kappa shape index (κ2) is 5.96. The average molecular weight is 256 g/mol. The zero-order chi connectivity index (χ0) is 13.7. The van der Waals surface area contributed by atoms with Crippen LogP contribution in [0, 0.1) is 5.82 Å². The number of rotatable bonds is 4. The molecule has 0 aliphatic carbocycles. The fraction of sp³-hybridized carbons (Fsp3) is 0.0625. The Bertz CT molecular complexity index is 601. The van der Waals surface area contributed by atoms with E-state index in [0.29, 0.717) is 6.29 Å². The number of aldehydes is 1. The average Bonchev–Trinajstić information content (AvgIpc) is 2.47. The standard InChI is InChI=1S/C16H13FO2/c1-19-15-7-4-12(5-8-15)2-3-13-6-9-16(17)14(10-13)11-18/h2-11H,1H3/b3-2+. The predicted octanol–water partition coefficient (Wildman–Crippen LogP) is 3.82. The Balaban J connectivity index is 2.19. The molecule has 0 fully saturated rings. The van der Waals surface area contributed by atoms with Crippen molar-refractivity contribution in [1.29, 1.82) is 0 Å². The number of hydrogen-bond acceptors (Lipinski definition) is 2. The Labute approximate surface area is 111 Å². The second-order valence-electron chi connectivity index (χ2n) is 4.01. The van der Waals surface area contributed by atoms with Crippen LogP contribution < -0.4 is 4.74 Å². The van der Waals surface area contributed by atoms with E-state index in [1.165, 1.54) is 12.1 Å². The van der Waals surface area contributed by atoms with E-state index in [0.717, 1.165) is 16.9 Å². The van der Waals surface area contributed by atoms with Gasteiger partial charge in [-0.05, 0) is 35.4 Å². The molecule has 96 valence electrons. The van der Waals surface area contributed by atoms with E-state index in [9.17, 15) is 9.18 Å². The maximum absolute atomic E-state index is 13.1. The first-order valence-corrected chi connectivity index (χ1v) is 5.80. The Morgan fingerprint density at radius 2 is 1.63 bits per heavy atom. The van der Waals surface area contributed by atoms with Crippen molar-refractivity contribution in [3.63, 3.8) is 0 Å². The van der Waals surface area contributed by atoms with Crippen molar-refractivity contribution >= 4 is 18.4 Å². The maximum Gasteiger partial charge on any atom is 0.153 e. The topological polar surface area (TPSA) is 26.3 Å². The van der Waals surface area contributed by atoms with Crippen LogP contribution in [0.25, 0.3) is 12.2 Å². The van der Waals surface area contributed by atoms with Crippen molar-refractivity contribution in [3.05, 3.63) is 65.0 Å². The highest BCUT2D eigenvalue weighted by Gasteiger charge is 2.00. The molecule has 2 aromatic rings. The van der Waals surface area contributed by atoms with Crippen molar-refractivity contribution in [2.75, 3.05) is 7.11 Å². The van der Waals surface area contributed by atoms with E-state index in [-0.39, 0.29) is 5.56 Å². The van der Waals surface area contributed by atoms with Crippen LogP contribution in [0.15, 0.2) is 42.5 Å². The highest BCUT2D eigenvalue weighted by Crippen LogP contribution is 2.15. The highest BCUT2D eigenvalue weighted by atomic mass is 19.1. The summed E-state index contributed by atoms with van der Waals surface area (Å²) in [6.45, 7) is 0. The lowest BCUT2D eigenvalue weighted by Gasteiger charge is -2.00. The Kier molecular flexibility index (Phi) is 4.08. The Morgan fingerprint density at radius 3 is 2.26 bits per heavy atom. The number of carbonyl (C=O) groups is 1. The molecule has 19 heavy (non-hydrogen) atoms. The van der Waals surface area contributed by atoms with Crippen LogP contribution in [0.2, 0.25) is 0 Å². The van der Waals surface area contributed by atoms with Crippen LogP contribution >= 0.6 is 0 Å². The van der Waals surface area contributed by atoms with Gasteiger partial charge in [0, 0.05) is 0 Å². The molecule has 0 saturated carbocycles. The van der Waals surface area contributed by atoms with Gasteiger partial charge in [-0.25, -0.2) is 4.39 Å². The monoisotopic (exact) mass is 256 g/mol. The van der Waals surface area contributed by atoms with Crippen LogP contribution in [0.3, 0.4) is 0 Å². The number of hydrogen-bond donors (Lipinski definition) is 0. The number of halogens is 1. The Morgan fingerprint density at radius 1 is 1.00 bits per heavy atom. The quantitative estimate of drug-likeness (QED) is 0.614. The molecule has 0 spiro atoms. The lowest BCUT2D eigenvalue weighted by atomic mass is 10.1. The Hall–Kier alpha value is -2.42. The molecule has 0 aliphatic heterocycles.